The molecule has 5 heteroatoms. The van der Waals surface area contributed by atoms with Crippen molar-refractivity contribution in [3.8, 4) is 17.6 Å². The van der Waals surface area contributed by atoms with Gasteiger partial charge in [-0.2, -0.15) is 0 Å². The summed E-state index contributed by atoms with van der Waals surface area (Å²) in [5, 5.41) is 2.64. The van der Waals surface area contributed by atoms with Crippen LogP contribution in [0.25, 0.3) is 0 Å². The first-order chi connectivity index (χ1) is 10.8. The average Bonchev–Trinajstić information content (AvgIpc) is 2.46. The number of carbonyl (C=O) groups is 2. The van der Waals surface area contributed by atoms with Crippen molar-refractivity contribution < 1.29 is 19.1 Å². The van der Waals surface area contributed by atoms with E-state index in [2.05, 4.69) is 17.2 Å². The van der Waals surface area contributed by atoms with Gasteiger partial charge >= 0.3 is 6.09 Å². The minimum Gasteiger partial charge on any atom is -0.492 e. The van der Waals surface area contributed by atoms with Gasteiger partial charge in [0, 0.05) is 24.9 Å². The maximum atomic E-state index is 11.8. The Labute approximate surface area is 136 Å². The number of hydrogen-bond donors (Lipinski definition) is 1. The van der Waals surface area contributed by atoms with E-state index in [9.17, 15) is 9.59 Å². The van der Waals surface area contributed by atoms with Gasteiger partial charge in [0.2, 0.25) is 0 Å². The molecule has 1 aliphatic heterocycles. The molecule has 1 aliphatic rings. The van der Waals surface area contributed by atoms with Crippen LogP contribution in [-0.4, -0.2) is 30.6 Å². The molecule has 0 aromatic heterocycles. The van der Waals surface area contributed by atoms with Crippen LogP contribution in [0.3, 0.4) is 0 Å². The number of amides is 1. The number of ether oxygens (including phenoxy) is 2. The summed E-state index contributed by atoms with van der Waals surface area (Å²) in [5.74, 6) is 6.66. The van der Waals surface area contributed by atoms with E-state index in [4.69, 9.17) is 9.47 Å². The van der Waals surface area contributed by atoms with E-state index >= 15 is 0 Å². The highest BCUT2D eigenvalue weighted by Crippen LogP contribution is 2.25. The monoisotopic (exact) mass is 315 g/mol. The Bertz CT molecular complexity index is 662. The number of ketones is 1. The molecule has 0 radical (unpaired) electrons. The molecule has 23 heavy (non-hydrogen) atoms. The highest BCUT2D eigenvalue weighted by atomic mass is 16.6. The van der Waals surface area contributed by atoms with E-state index in [0.717, 1.165) is 5.56 Å². The van der Waals surface area contributed by atoms with Gasteiger partial charge in [-0.25, -0.2) is 4.79 Å². The topological polar surface area (TPSA) is 64.6 Å². The fraction of sp³-hybridized carbons (Fsp3) is 0.444. The third kappa shape index (κ3) is 5.33. The summed E-state index contributed by atoms with van der Waals surface area (Å²) in [4.78, 5) is 23.3. The van der Waals surface area contributed by atoms with Gasteiger partial charge < -0.3 is 14.8 Å². The molecule has 0 aliphatic carbocycles. The largest absolute Gasteiger partial charge is 0.492 e. The molecule has 0 saturated carbocycles. The quantitative estimate of drug-likeness (QED) is 0.673. The third-order valence-electron chi connectivity index (χ3n) is 3.02. The van der Waals surface area contributed by atoms with E-state index in [1.165, 1.54) is 0 Å². The molecule has 0 bridgehead atoms. The molecule has 2 rings (SSSR count). The molecule has 5 nitrogen and oxygen atoms in total. The molecule has 0 atom stereocenters. The summed E-state index contributed by atoms with van der Waals surface area (Å²) in [6.45, 7) is 6.29. The molecule has 0 fully saturated rings. The zero-order chi connectivity index (χ0) is 16.9. The van der Waals surface area contributed by atoms with Crippen molar-refractivity contribution in [3.63, 3.8) is 0 Å². The predicted octanol–water partition coefficient (Wildman–Crippen LogP) is 2.92. The van der Waals surface area contributed by atoms with Crippen LogP contribution in [0.4, 0.5) is 4.79 Å². The fourth-order valence-corrected chi connectivity index (χ4v) is 2.05. The number of nitrogens with one attached hydrogen (secondary N) is 1. The van der Waals surface area contributed by atoms with E-state index in [1.807, 2.05) is 26.8 Å². The Morgan fingerprint density at radius 3 is 2.91 bits per heavy atom. The van der Waals surface area contributed by atoms with Crippen LogP contribution in [0.1, 0.15) is 49.5 Å². The minimum atomic E-state index is -0.506. The van der Waals surface area contributed by atoms with Crippen molar-refractivity contribution in [3.05, 3.63) is 29.3 Å². The van der Waals surface area contributed by atoms with Gasteiger partial charge in [0.15, 0.2) is 5.78 Å². The fourth-order valence-electron chi connectivity index (χ4n) is 2.05. The summed E-state index contributed by atoms with van der Waals surface area (Å²) >= 11 is 0. The molecule has 1 aromatic carbocycles. The molecule has 0 unspecified atom stereocenters. The van der Waals surface area contributed by atoms with Crippen molar-refractivity contribution in [1.29, 1.82) is 0 Å². The molecule has 1 heterocycles. The Balaban J connectivity index is 1.85. The van der Waals surface area contributed by atoms with Gasteiger partial charge in [0.1, 0.15) is 11.4 Å². The first-order valence-corrected chi connectivity index (χ1v) is 7.61. The van der Waals surface area contributed by atoms with Crippen LogP contribution in [0.5, 0.6) is 5.75 Å². The summed E-state index contributed by atoms with van der Waals surface area (Å²) < 4.78 is 10.6. The van der Waals surface area contributed by atoms with E-state index in [-0.39, 0.29) is 5.78 Å². The van der Waals surface area contributed by atoms with Gasteiger partial charge in [0.25, 0.3) is 0 Å². The predicted molar refractivity (Wildman–Crippen MR) is 86.6 cm³/mol. The SMILES string of the molecule is CC(C)(C)OC(=O)NCCC#Cc1ccc2c(c1)C(=O)CCO2. The van der Waals surface area contributed by atoms with Crippen LogP contribution >= 0.6 is 0 Å². The Morgan fingerprint density at radius 2 is 2.17 bits per heavy atom. The van der Waals surface area contributed by atoms with Crippen molar-refractivity contribution in [2.75, 3.05) is 13.2 Å². The lowest BCUT2D eigenvalue weighted by molar-refractivity contribution is 0.0529. The number of benzene rings is 1. The third-order valence-corrected chi connectivity index (χ3v) is 3.02. The summed E-state index contributed by atoms with van der Waals surface area (Å²) in [6, 6.07) is 5.35. The second-order valence-electron chi connectivity index (χ2n) is 6.21. The number of fused-ring (bicyclic) bond motifs is 1. The molecule has 1 N–H and O–H groups in total. The lowest BCUT2D eigenvalue weighted by Crippen LogP contribution is -2.32. The smallest absolute Gasteiger partial charge is 0.407 e. The maximum absolute atomic E-state index is 11.8. The zero-order valence-corrected chi connectivity index (χ0v) is 13.7. The molecule has 0 spiro atoms. The molecule has 122 valence electrons. The van der Waals surface area contributed by atoms with Crippen molar-refractivity contribution in [2.45, 2.75) is 39.2 Å². The molecule has 0 saturated heterocycles. The highest BCUT2D eigenvalue weighted by Gasteiger charge is 2.18. The molecular formula is C18H21NO4. The summed E-state index contributed by atoms with van der Waals surface area (Å²) in [5.41, 5.74) is 0.850. The average molecular weight is 315 g/mol. The van der Waals surface area contributed by atoms with Gasteiger partial charge in [-0.3, -0.25) is 4.79 Å². The number of hydrogen-bond acceptors (Lipinski definition) is 4. The number of Topliss-reactive ketones (excluding diaryl/α,β-unsaturated/α-hetero) is 1. The van der Waals surface area contributed by atoms with Crippen LogP contribution in [0.15, 0.2) is 18.2 Å². The van der Waals surface area contributed by atoms with Crippen molar-refractivity contribution in [1.82, 2.24) is 5.32 Å². The minimum absolute atomic E-state index is 0.0847. The highest BCUT2D eigenvalue weighted by molar-refractivity contribution is 5.99. The van der Waals surface area contributed by atoms with Gasteiger partial charge in [-0.1, -0.05) is 11.8 Å². The second-order valence-corrected chi connectivity index (χ2v) is 6.21. The van der Waals surface area contributed by atoms with Gasteiger partial charge in [0.05, 0.1) is 12.2 Å². The lowest BCUT2D eigenvalue weighted by atomic mass is 10.0. The Kier molecular flexibility index (Phi) is 5.28. The first kappa shape index (κ1) is 16.9. The van der Waals surface area contributed by atoms with E-state index in [0.29, 0.717) is 37.3 Å². The van der Waals surface area contributed by atoms with Gasteiger partial charge in [-0.05, 0) is 39.0 Å². The lowest BCUT2D eigenvalue weighted by Gasteiger charge is -2.19. The maximum Gasteiger partial charge on any atom is 0.407 e. The summed E-state index contributed by atoms with van der Waals surface area (Å²) in [7, 11) is 0. The first-order valence-electron chi connectivity index (χ1n) is 7.61. The summed E-state index contributed by atoms with van der Waals surface area (Å²) in [6.07, 6.45) is 0.459. The van der Waals surface area contributed by atoms with Crippen molar-refractivity contribution >= 4 is 11.9 Å². The molecule has 1 aromatic rings. The van der Waals surface area contributed by atoms with Crippen LogP contribution < -0.4 is 10.1 Å². The second kappa shape index (κ2) is 7.19. The van der Waals surface area contributed by atoms with Gasteiger partial charge in [-0.15, -0.1) is 0 Å². The normalized spacial score (nSPS) is 13.3. The van der Waals surface area contributed by atoms with Crippen LogP contribution in [-0.2, 0) is 4.74 Å². The Morgan fingerprint density at radius 1 is 1.39 bits per heavy atom. The Hall–Kier alpha value is -2.48. The number of rotatable bonds is 2. The van der Waals surface area contributed by atoms with Crippen LogP contribution in [0.2, 0.25) is 0 Å². The molecule has 1 amide bonds. The van der Waals surface area contributed by atoms with E-state index in [1.54, 1.807) is 12.1 Å². The molecular weight excluding hydrogens is 294 g/mol. The number of alkyl carbamates (subject to hydrolysis) is 1. The standard InChI is InChI=1S/C18H21NO4/c1-18(2,3)23-17(21)19-10-5-4-6-13-7-8-16-14(12-13)15(20)9-11-22-16/h7-8,12H,5,9-11H2,1-3H3,(H,19,21). The zero-order valence-electron chi connectivity index (χ0n) is 13.7. The van der Waals surface area contributed by atoms with Crippen molar-refractivity contribution in [2.24, 2.45) is 0 Å². The van der Waals surface area contributed by atoms with E-state index < -0.39 is 11.7 Å². The number of carbonyl (C=O) groups excluding carboxylic acids is 2. The van der Waals surface area contributed by atoms with Crippen LogP contribution in [0, 0.1) is 11.8 Å².